The Morgan fingerprint density at radius 2 is 1.39 bits per heavy atom. The van der Waals surface area contributed by atoms with Crippen LogP contribution in [0.2, 0.25) is 0 Å². The first kappa shape index (κ1) is 18.5. The number of methoxy groups -OCH3 is 2. The molecule has 5 rings (SSSR count). The van der Waals surface area contributed by atoms with Gasteiger partial charge in [0.15, 0.2) is 0 Å². The Morgan fingerprint density at radius 1 is 0.786 bits per heavy atom. The molecule has 0 N–H and O–H groups in total. The van der Waals surface area contributed by atoms with Gasteiger partial charge in [0.05, 0.1) is 19.8 Å². The van der Waals surface area contributed by atoms with Crippen LogP contribution in [-0.2, 0) is 0 Å². The van der Waals surface area contributed by atoms with Crippen molar-refractivity contribution in [2.24, 2.45) is 5.41 Å². The quantitative estimate of drug-likeness (QED) is 0.562. The van der Waals surface area contributed by atoms with Crippen molar-refractivity contribution in [3.63, 3.8) is 0 Å². The van der Waals surface area contributed by atoms with Crippen LogP contribution in [-0.4, -0.2) is 25.5 Å². The molecular weight excluding hydrogens is 363 g/mol. The third-order valence-electron chi connectivity index (χ3n) is 7.62. The Kier molecular flexibility index (Phi) is 4.87. The molecule has 1 heterocycles. The van der Waals surface area contributed by atoms with Gasteiger partial charge in [-0.2, -0.15) is 0 Å². The minimum absolute atomic E-state index is 0.107. The topological polar surface area (TPSA) is 18.5 Å². The van der Waals surface area contributed by atoms with E-state index in [4.69, 9.17) is 9.47 Å². The second-order valence-electron chi connectivity index (χ2n) is 8.72. The van der Waals surface area contributed by atoms with Gasteiger partial charge in [0.25, 0.3) is 0 Å². The monoisotopic (exact) mass is 394 g/mol. The second kappa shape index (κ2) is 7.38. The molecule has 1 saturated heterocycles. The van der Waals surface area contributed by atoms with Crippen LogP contribution in [0.25, 0.3) is 11.1 Å². The molecule has 2 aliphatic carbocycles. The lowest BCUT2D eigenvalue weighted by Crippen LogP contribution is -2.59. The molecule has 28 heavy (non-hydrogen) atoms. The van der Waals surface area contributed by atoms with Gasteiger partial charge in [-0.05, 0) is 65.4 Å². The third kappa shape index (κ3) is 2.64. The largest absolute Gasteiger partial charge is 0.496 e. The van der Waals surface area contributed by atoms with Crippen molar-refractivity contribution in [1.29, 1.82) is 0 Å². The Hall–Kier alpha value is -1.53. The molecule has 3 heteroatoms. The lowest BCUT2D eigenvalue weighted by atomic mass is 9.63. The number of ether oxygens (including phenoxy) is 2. The molecule has 2 aromatic carbocycles. The summed E-state index contributed by atoms with van der Waals surface area (Å²) in [4.78, 5) is 0. The van der Waals surface area contributed by atoms with E-state index < -0.39 is 0 Å². The molecule has 1 spiro atoms. The minimum Gasteiger partial charge on any atom is -0.496 e. The highest BCUT2D eigenvalue weighted by molar-refractivity contribution is 7.69. The van der Waals surface area contributed by atoms with Crippen LogP contribution in [0.5, 0.6) is 11.5 Å². The Morgan fingerprint density at radius 3 is 2.00 bits per heavy atom. The van der Waals surface area contributed by atoms with Crippen molar-refractivity contribution in [2.75, 3.05) is 14.2 Å². The van der Waals surface area contributed by atoms with E-state index in [0.717, 1.165) is 28.4 Å². The van der Waals surface area contributed by atoms with E-state index >= 15 is 0 Å². The van der Waals surface area contributed by atoms with Crippen LogP contribution >= 0.6 is 7.92 Å². The predicted molar refractivity (Wildman–Crippen MR) is 118 cm³/mol. The highest BCUT2D eigenvalue weighted by atomic mass is 31.1. The first-order chi connectivity index (χ1) is 13.8. The summed E-state index contributed by atoms with van der Waals surface area (Å²) in [6, 6.07) is 15.3. The third-order valence-corrected chi connectivity index (χ3v) is 11.5. The molecule has 2 aromatic rings. The fourth-order valence-corrected chi connectivity index (χ4v) is 11.0. The molecule has 3 aliphatic rings. The normalized spacial score (nSPS) is 31.3. The molecule has 0 bridgehead atoms. The van der Waals surface area contributed by atoms with E-state index in [1.54, 1.807) is 19.5 Å². The number of hydrogen-bond donors (Lipinski definition) is 0. The van der Waals surface area contributed by atoms with E-state index in [-0.39, 0.29) is 7.92 Å². The Bertz CT molecular complexity index is 817. The van der Waals surface area contributed by atoms with Gasteiger partial charge in [-0.3, -0.25) is 0 Å². The summed E-state index contributed by atoms with van der Waals surface area (Å²) in [6.07, 6.45) is 11.6. The maximum absolute atomic E-state index is 5.77. The van der Waals surface area contributed by atoms with Crippen molar-refractivity contribution in [3.8, 4) is 22.6 Å². The molecule has 0 amide bonds. The van der Waals surface area contributed by atoms with Crippen molar-refractivity contribution in [2.45, 2.75) is 62.7 Å². The predicted octanol–water partition coefficient (Wildman–Crippen LogP) is 6.36. The summed E-state index contributed by atoms with van der Waals surface area (Å²) in [5.74, 6) is 1.83. The molecular formula is C25H31O2P. The van der Waals surface area contributed by atoms with Crippen LogP contribution in [0, 0.1) is 5.41 Å². The summed E-state index contributed by atoms with van der Waals surface area (Å²) in [7, 11) is 3.43. The van der Waals surface area contributed by atoms with Crippen LogP contribution in [0.4, 0.5) is 0 Å². The van der Waals surface area contributed by atoms with Gasteiger partial charge in [-0.25, -0.2) is 0 Å². The van der Waals surface area contributed by atoms with Crippen LogP contribution in [0.1, 0.15) is 51.4 Å². The number of rotatable bonds is 4. The van der Waals surface area contributed by atoms with Crippen molar-refractivity contribution < 1.29 is 9.47 Å². The fraction of sp³-hybridized carbons (Fsp3) is 0.520. The number of hydrogen-bond acceptors (Lipinski definition) is 2. The van der Waals surface area contributed by atoms with Crippen LogP contribution in [0.15, 0.2) is 42.5 Å². The average molecular weight is 394 g/mol. The van der Waals surface area contributed by atoms with E-state index in [2.05, 4.69) is 36.4 Å². The van der Waals surface area contributed by atoms with E-state index in [0.29, 0.717) is 5.41 Å². The first-order valence-corrected chi connectivity index (χ1v) is 12.4. The standard InChI is InChI=1S/C25H31O2P/c1-26-19-11-9-12-20(27-2)24(19)18-10-3-4-13-21(18)28-22-14-5-7-16-25(22)17-8-6-15-23(25)28/h3-4,9-13,22-23H,5-8,14-17H2,1-2H3. The molecule has 0 aromatic heterocycles. The summed E-state index contributed by atoms with van der Waals surface area (Å²) in [5, 5.41) is 1.59. The van der Waals surface area contributed by atoms with Gasteiger partial charge in [0.1, 0.15) is 11.5 Å². The molecule has 0 radical (unpaired) electrons. The molecule has 3 fully saturated rings. The SMILES string of the molecule is COc1cccc(OC)c1-c1ccccc1P1C2CCCCC23CCCCC13. The van der Waals surface area contributed by atoms with Gasteiger partial charge in [-0.1, -0.05) is 63.9 Å². The van der Waals surface area contributed by atoms with Crippen molar-refractivity contribution in [1.82, 2.24) is 0 Å². The maximum Gasteiger partial charge on any atom is 0.130 e. The summed E-state index contributed by atoms with van der Waals surface area (Å²) in [6.45, 7) is 0. The minimum atomic E-state index is -0.107. The second-order valence-corrected chi connectivity index (χ2v) is 11.3. The van der Waals surface area contributed by atoms with Gasteiger partial charge >= 0.3 is 0 Å². The van der Waals surface area contributed by atoms with Crippen molar-refractivity contribution >= 4 is 13.2 Å². The highest BCUT2D eigenvalue weighted by Crippen LogP contribution is 2.77. The molecule has 148 valence electrons. The summed E-state index contributed by atoms with van der Waals surface area (Å²) >= 11 is 0. The fourth-order valence-electron chi connectivity index (χ4n) is 6.50. The summed E-state index contributed by atoms with van der Waals surface area (Å²) < 4.78 is 11.5. The van der Waals surface area contributed by atoms with E-state index in [1.807, 2.05) is 6.07 Å². The Labute approximate surface area is 170 Å². The molecule has 2 nitrogen and oxygen atoms in total. The van der Waals surface area contributed by atoms with Gasteiger partial charge in [0, 0.05) is 0 Å². The van der Waals surface area contributed by atoms with Gasteiger partial charge in [-0.15, -0.1) is 0 Å². The lowest BCUT2D eigenvalue weighted by Gasteiger charge is -2.67. The van der Waals surface area contributed by atoms with Crippen LogP contribution < -0.4 is 14.8 Å². The van der Waals surface area contributed by atoms with Crippen molar-refractivity contribution in [3.05, 3.63) is 42.5 Å². The lowest BCUT2D eigenvalue weighted by molar-refractivity contribution is 0.107. The Balaban J connectivity index is 1.63. The average Bonchev–Trinajstić information content (AvgIpc) is 2.74. The summed E-state index contributed by atoms with van der Waals surface area (Å²) in [5.41, 5.74) is 5.02. The smallest absolute Gasteiger partial charge is 0.130 e. The van der Waals surface area contributed by atoms with Gasteiger partial charge < -0.3 is 9.47 Å². The zero-order chi connectivity index (χ0) is 19.1. The first-order valence-electron chi connectivity index (χ1n) is 10.9. The van der Waals surface area contributed by atoms with Crippen LogP contribution in [0.3, 0.4) is 0 Å². The highest BCUT2D eigenvalue weighted by Gasteiger charge is 2.62. The molecule has 2 saturated carbocycles. The zero-order valence-electron chi connectivity index (χ0n) is 17.1. The van der Waals surface area contributed by atoms with Gasteiger partial charge in [0.2, 0.25) is 0 Å². The van der Waals surface area contributed by atoms with E-state index in [9.17, 15) is 0 Å². The maximum atomic E-state index is 5.77. The molecule has 2 atom stereocenters. The van der Waals surface area contributed by atoms with E-state index in [1.165, 1.54) is 56.9 Å². The number of benzene rings is 2. The molecule has 2 unspecified atom stereocenters. The molecule has 1 aliphatic heterocycles. The zero-order valence-corrected chi connectivity index (χ0v) is 18.0.